The molecule has 1 aliphatic carbocycles. The van der Waals surface area contributed by atoms with Gasteiger partial charge in [0.15, 0.2) is 0 Å². The molecule has 1 aromatic rings. The van der Waals surface area contributed by atoms with Crippen LogP contribution in [0.2, 0.25) is 0 Å². The van der Waals surface area contributed by atoms with Gasteiger partial charge in [-0.05, 0) is 47.3 Å². The van der Waals surface area contributed by atoms with Crippen LogP contribution in [0, 0.1) is 6.92 Å². The molecule has 1 aromatic heterocycles. The lowest BCUT2D eigenvalue weighted by Crippen LogP contribution is -2.44. The molecule has 94 valence electrons. The third-order valence-electron chi connectivity index (χ3n) is 3.13. The van der Waals surface area contributed by atoms with Crippen molar-refractivity contribution in [3.8, 4) is 0 Å². The van der Waals surface area contributed by atoms with Gasteiger partial charge >= 0.3 is 0 Å². The molecule has 0 unspecified atom stereocenters. The molecule has 1 aliphatic rings. The van der Waals surface area contributed by atoms with Gasteiger partial charge in [0.05, 0.1) is 20.8 Å². The average Bonchev–Trinajstić information content (AvgIpc) is 2.63. The van der Waals surface area contributed by atoms with Crippen molar-refractivity contribution in [1.29, 1.82) is 0 Å². The summed E-state index contributed by atoms with van der Waals surface area (Å²) >= 11 is 4.85. The zero-order chi connectivity index (χ0) is 12.4. The van der Waals surface area contributed by atoms with Crippen LogP contribution in [0.5, 0.6) is 0 Å². The number of aryl methyl sites for hydroxylation is 1. The Morgan fingerprint density at radius 1 is 1.53 bits per heavy atom. The minimum atomic E-state index is -0.391. The van der Waals surface area contributed by atoms with Crippen molar-refractivity contribution in [3.63, 3.8) is 0 Å². The first-order chi connectivity index (χ1) is 8.08. The van der Waals surface area contributed by atoms with Crippen LogP contribution in [0.25, 0.3) is 0 Å². The molecule has 3 nitrogen and oxygen atoms in total. The Kier molecular flexibility index (Phi) is 4.22. The molecule has 1 heterocycles. The summed E-state index contributed by atoms with van der Waals surface area (Å²) in [6.07, 6.45) is 3.40. The van der Waals surface area contributed by atoms with Crippen LogP contribution in [0.1, 0.15) is 40.9 Å². The number of amides is 1. The Balaban J connectivity index is 2.01. The van der Waals surface area contributed by atoms with Gasteiger partial charge < -0.3 is 10.4 Å². The van der Waals surface area contributed by atoms with Gasteiger partial charge in [0.1, 0.15) is 0 Å². The van der Waals surface area contributed by atoms with Gasteiger partial charge in [0, 0.05) is 0 Å². The lowest BCUT2D eigenvalue weighted by molar-refractivity contribution is 0.0720. The molecule has 2 rings (SSSR count). The van der Waals surface area contributed by atoms with Crippen LogP contribution in [-0.2, 0) is 0 Å². The highest BCUT2D eigenvalue weighted by atomic mass is 79.9. The minimum Gasteiger partial charge on any atom is -0.391 e. The molecule has 0 bridgehead atoms. The number of nitrogens with one attached hydrogen (secondary N) is 1. The number of rotatable bonds is 2. The van der Waals surface area contributed by atoms with E-state index in [-0.39, 0.29) is 11.9 Å². The Hall–Kier alpha value is -0.390. The second-order valence-electron chi connectivity index (χ2n) is 4.50. The molecule has 0 saturated heterocycles. The summed E-state index contributed by atoms with van der Waals surface area (Å²) in [6, 6.07) is 1.79. The number of halogens is 1. The van der Waals surface area contributed by atoms with Crippen LogP contribution in [-0.4, -0.2) is 23.2 Å². The van der Waals surface area contributed by atoms with E-state index in [1.54, 1.807) is 0 Å². The first kappa shape index (κ1) is 13.1. The standard InChI is InChI=1S/C12H16BrNO2S/c1-7-6-10(17-11(7)13)12(16)14-8-4-2-3-5-9(8)15/h6,8-9,15H,2-5H2,1H3,(H,14,16)/t8-,9-/m1/s1. The fourth-order valence-electron chi connectivity index (χ4n) is 2.09. The van der Waals surface area contributed by atoms with E-state index in [0.29, 0.717) is 4.88 Å². The summed E-state index contributed by atoms with van der Waals surface area (Å²) in [5, 5.41) is 12.7. The van der Waals surface area contributed by atoms with Crippen molar-refractivity contribution in [2.24, 2.45) is 0 Å². The number of hydrogen-bond donors (Lipinski definition) is 2. The summed E-state index contributed by atoms with van der Waals surface area (Å²) < 4.78 is 0.992. The SMILES string of the molecule is Cc1cc(C(=O)N[C@@H]2CCCC[C@H]2O)sc1Br. The highest BCUT2D eigenvalue weighted by Crippen LogP contribution is 2.27. The van der Waals surface area contributed by atoms with Gasteiger partial charge in [0.2, 0.25) is 0 Å². The van der Waals surface area contributed by atoms with Gasteiger partial charge in [-0.25, -0.2) is 0 Å². The Morgan fingerprint density at radius 2 is 2.24 bits per heavy atom. The molecule has 0 radical (unpaired) electrons. The number of hydrogen-bond acceptors (Lipinski definition) is 3. The summed E-state index contributed by atoms with van der Waals surface area (Å²) in [5.74, 6) is -0.0743. The van der Waals surface area contributed by atoms with Crippen LogP contribution >= 0.6 is 27.3 Å². The van der Waals surface area contributed by atoms with E-state index >= 15 is 0 Å². The lowest BCUT2D eigenvalue weighted by Gasteiger charge is -2.28. The van der Waals surface area contributed by atoms with E-state index in [9.17, 15) is 9.90 Å². The number of carbonyl (C=O) groups excluding carboxylic acids is 1. The second-order valence-corrected chi connectivity index (χ2v) is 6.87. The van der Waals surface area contributed by atoms with Crippen molar-refractivity contribution in [2.75, 3.05) is 0 Å². The highest BCUT2D eigenvalue weighted by Gasteiger charge is 2.25. The molecule has 0 spiro atoms. The molecule has 17 heavy (non-hydrogen) atoms. The Labute approximate surface area is 113 Å². The lowest BCUT2D eigenvalue weighted by atomic mass is 9.92. The van der Waals surface area contributed by atoms with E-state index in [2.05, 4.69) is 21.2 Å². The summed E-state index contributed by atoms with van der Waals surface area (Å²) in [5.41, 5.74) is 1.07. The maximum absolute atomic E-state index is 12.0. The highest BCUT2D eigenvalue weighted by molar-refractivity contribution is 9.11. The second kappa shape index (κ2) is 5.50. The first-order valence-corrected chi connectivity index (χ1v) is 7.43. The van der Waals surface area contributed by atoms with Crippen LogP contribution < -0.4 is 5.32 Å². The summed E-state index contributed by atoms with van der Waals surface area (Å²) in [6.45, 7) is 1.97. The molecule has 2 atom stereocenters. The minimum absolute atomic E-state index is 0.0743. The molecular formula is C12H16BrNO2S. The third-order valence-corrected chi connectivity index (χ3v) is 5.26. The summed E-state index contributed by atoms with van der Waals surface area (Å²) in [7, 11) is 0. The predicted octanol–water partition coefficient (Wildman–Crippen LogP) is 2.85. The summed E-state index contributed by atoms with van der Waals surface area (Å²) in [4.78, 5) is 12.7. The third kappa shape index (κ3) is 3.09. The van der Waals surface area contributed by atoms with E-state index in [0.717, 1.165) is 35.0 Å². The zero-order valence-electron chi connectivity index (χ0n) is 9.70. The van der Waals surface area contributed by atoms with E-state index in [1.807, 2.05) is 13.0 Å². The number of aliphatic hydroxyl groups is 1. The Morgan fingerprint density at radius 3 is 2.82 bits per heavy atom. The largest absolute Gasteiger partial charge is 0.391 e. The normalized spacial score (nSPS) is 24.6. The van der Waals surface area contributed by atoms with Crippen LogP contribution in [0.4, 0.5) is 0 Å². The van der Waals surface area contributed by atoms with E-state index in [4.69, 9.17) is 0 Å². The van der Waals surface area contributed by atoms with Crippen molar-refractivity contribution >= 4 is 33.2 Å². The molecule has 1 saturated carbocycles. The predicted molar refractivity (Wildman–Crippen MR) is 72.5 cm³/mol. The van der Waals surface area contributed by atoms with Crippen molar-refractivity contribution < 1.29 is 9.90 Å². The molecule has 5 heteroatoms. The number of carbonyl (C=O) groups is 1. The molecule has 1 amide bonds. The van der Waals surface area contributed by atoms with Crippen molar-refractivity contribution in [2.45, 2.75) is 44.8 Å². The molecular weight excluding hydrogens is 302 g/mol. The number of aliphatic hydroxyl groups excluding tert-OH is 1. The quantitative estimate of drug-likeness (QED) is 0.881. The van der Waals surface area contributed by atoms with Crippen molar-refractivity contribution in [1.82, 2.24) is 5.32 Å². The first-order valence-electron chi connectivity index (χ1n) is 5.83. The topological polar surface area (TPSA) is 49.3 Å². The molecule has 0 aromatic carbocycles. The fraction of sp³-hybridized carbons (Fsp3) is 0.583. The number of thiophene rings is 1. The van der Waals surface area contributed by atoms with Gasteiger partial charge in [-0.15, -0.1) is 11.3 Å². The van der Waals surface area contributed by atoms with Crippen molar-refractivity contribution in [3.05, 3.63) is 20.3 Å². The monoisotopic (exact) mass is 317 g/mol. The zero-order valence-corrected chi connectivity index (χ0v) is 12.1. The van der Waals surface area contributed by atoms with Gasteiger partial charge in [-0.3, -0.25) is 4.79 Å². The van der Waals surface area contributed by atoms with Gasteiger partial charge in [0.25, 0.3) is 5.91 Å². The molecule has 1 fully saturated rings. The van der Waals surface area contributed by atoms with Crippen LogP contribution in [0.15, 0.2) is 9.85 Å². The van der Waals surface area contributed by atoms with Gasteiger partial charge in [-0.2, -0.15) is 0 Å². The van der Waals surface area contributed by atoms with E-state index < -0.39 is 6.10 Å². The fourth-order valence-corrected chi connectivity index (χ4v) is 3.53. The van der Waals surface area contributed by atoms with Gasteiger partial charge in [-0.1, -0.05) is 12.8 Å². The maximum atomic E-state index is 12.0. The smallest absolute Gasteiger partial charge is 0.261 e. The average molecular weight is 318 g/mol. The maximum Gasteiger partial charge on any atom is 0.261 e. The Bertz CT molecular complexity index is 399. The molecule has 2 N–H and O–H groups in total. The molecule has 0 aliphatic heterocycles. The van der Waals surface area contributed by atoms with Crippen LogP contribution in [0.3, 0.4) is 0 Å². The van der Waals surface area contributed by atoms with E-state index in [1.165, 1.54) is 11.3 Å².